The average molecular weight is 388 g/mol. The maximum atomic E-state index is 14.4. The molecule has 0 aromatic carbocycles. The number of halogens is 10. The molecular formula is C13H10F10O2. The molecule has 0 aliphatic heterocycles. The SMILES string of the molecule is C=CC(=O)OC12CC(F)(F)C(F)(F)C(C(F)(F)C(F)(CF)C1)C2(F)F. The number of rotatable bonds is 3. The number of hydrogen-bond acceptors (Lipinski definition) is 2. The summed E-state index contributed by atoms with van der Waals surface area (Å²) in [7, 11) is 0. The first-order valence-corrected chi connectivity index (χ1v) is 6.66. The highest BCUT2D eigenvalue weighted by Crippen LogP contribution is 2.70. The third-order valence-electron chi connectivity index (χ3n) is 4.53. The van der Waals surface area contributed by atoms with E-state index in [0.29, 0.717) is 0 Å². The van der Waals surface area contributed by atoms with Gasteiger partial charge in [0.15, 0.2) is 11.5 Å². The molecule has 2 saturated carbocycles. The fourth-order valence-corrected chi connectivity index (χ4v) is 3.27. The third-order valence-corrected chi connectivity index (χ3v) is 4.53. The summed E-state index contributed by atoms with van der Waals surface area (Å²) in [6.07, 6.45) is -4.94. The molecule has 0 N–H and O–H groups in total. The summed E-state index contributed by atoms with van der Waals surface area (Å²) >= 11 is 0. The number of ether oxygens (including phenoxy) is 1. The molecule has 0 saturated heterocycles. The average Bonchev–Trinajstić information content (AvgIpc) is 2.42. The second-order valence-corrected chi connectivity index (χ2v) is 6.08. The summed E-state index contributed by atoms with van der Waals surface area (Å²) in [5, 5.41) is 0. The van der Waals surface area contributed by atoms with Gasteiger partial charge in [0.05, 0.1) is 6.42 Å². The number of carbonyl (C=O) groups is 1. The highest BCUT2D eigenvalue weighted by Gasteiger charge is 2.92. The number of esters is 1. The van der Waals surface area contributed by atoms with Crippen LogP contribution in [0.4, 0.5) is 43.9 Å². The van der Waals surface area contributed by atoms with E-state index in [1.807, 2.05) is 0 Å². The summed E-state index contributed by atoms with van der Waals surface area (Å²) in [6, 6.07) is 0. The van der Waals surface area contributed by atoms with Gasteiger partial charge in [-0.15, -0.1) is 0 Å². The van der Waals surface area contributed by atoms with Crippen molar-refractivity contribution >= 4 is 5.97 Å². The van der Waals surface area contributed by atoms with Crippen LogP contribution in [0.25, 0.3) is 0 Å². The van der Waals surface area contributed by atoms with E-state index in [2.05, 4.69) is 11.3 Å². The molecule has 2 nitrogen and oxygen atoms in total. The Morgan fingerprint density at radius 3 is 1.92 bits per heavy atom. The lowest BCUT2D eigenvalue weighted by Crippen LogP contribution is -2.81. The second-order valence-electron chi connectivity index (χ2n) is 6.08. The molecule has 0 aromatic rings. The molecule has 25 heavy (non-hydrogen) atoms. The smallest absolute Gasteiger partial charge is 0.330 e. The molecule has 0 amide bonds. The van der Waals surface area contributed by atoms with E-state index in [-0.39, 0.29) is 6.08 Å². The minimum atomic E-state index is -6.10. The number of carbonyl (C=O) groups excluding carboxylic acids is 1. The van der Waals surface area contributed by atoms with Crippen LogP contribution in [-0.4, -0.2) is 47.6 Å². The zero-order valence-electron chi connectivity index (χ0n) is 12.1. The Balaban J connectivity index is 2.79. The maximum Gasteiger partial charge on any atom is 0.330 e. The van der Waals surface area contributed by atoms with Gasteiger partial charge in [0, 0.05) is 12.5 Å². The van der Waals surface area contributed by atoms with E-state index < -0.39 is 66.4 Å². The Hall–Kier alpha value is -1.49. The second kappa shape index (κ2) is 5.03. The fraction of sp³-hybridized carbons (Fsp3) is 0.769. The van der Waals surface area contributed by atoms with E-state index in [9.17, 15) is 48.7 Å². The highest BCUT2D eigenvalue weighted by atomic mass is 19.3. The molecule has 12 heteroatoms. The Kier molecular flexibility index (Phi) is 3.99. The Morgan fingerprint density at radius 2 is 1.48 bits per heavy atom. The van der Waals surface area contributed by atoms with Gasteiger partial charge in [0.25, 0.3) is 5.92 Å². The number of alkyl halides is 10. The van der Waals surface area contributed by atoms with Gasteiger partial charge in [-0.3, -0.25) is 0 Å². The van der Waals surface area contributed by atoms with Crippen molar-refractivity contribution in [3.8, 4) is 0 Å². The van der Waals surface area contributed by atoms with Crippen LogP contribution in [0.2, 0.25) is 0 Å². The molecule has 144 valence electrons. The van der Waals surface area contributed by atoms with E-state index in [4.69, 9.17) is 0 Å². The molecule has 0 spiro atoms. The quantitative estimate of drug-likeness (QED) is 0.414. The Morgan fingerprint density at radius 1 is 0.960 bits per heavy atom. The molecule has 3 unspecified atom stereocenters. The lowest BCUT2D eigenvalue weighted by molar-refractivity contribution is -0.437. The van der Waals surface area contributed by atoms with Crippen LogP contribution in [-0.2, 0) is 9.53 Å². The van der Waals surface area contributed by atoms with Crippen molar-refractivity contribution in [1.82, 2.24) is 0 Å². The topological polar surface area (TPSA) is 26.3 Å². The highest BCUT2D eigenvalue weighted by molar-refractivity contribution is 5.81. The summed E-state index contributed by atoms with van der Waals surface area (Å²) in [6.45, 7) is 0.0208. The van der Waals surface area contributed by atoms with Crippen LogP contribution in [0, 0.1) is 5.92 Å². The van der Waals surface area contributed by atoms with Crippen LogP contribution in [0.1, 0.15) is 12.8 Å². The number of fused-ring (bicyclic) bond motifs is 2. The molecule has 2 rings (SSSR count). The van der Waals surface area contributed by atoms with Crippen LogP contribution >= 0.6 is 0 Å². The first-order chi connectivity index (χ1) is 11.0. The molecule has 0 heterocycles. The number of hydrogen-bond donors (Lipinski definition) is 0. The van der Waals surface area contributed by atoms with Crippen LogP contribution in [0.5, 0.6) is 0 Å². The molecule has 0 radical (unpaired) electrons. The lowest BCUT2D eigenvalue weighted by atomic mass is 9.57. The molecular weight excluding hydrogens is 378 g/mol. The first kappa shape index (κ1) is 19.8. The van der Waals surface area contributed by atoms with Crippen LogP contribution in [0.3, 0.4) is 0 Å². The van der Waals surface area contributed by atoms with E-state index in [1.54, 1.807) is 0 Å². The minimum Gasteiger partial charge on any atom is -0.449 e. The van der Waals surface area contributed by atoms with Crippen molar-refractivity contribution in [2.24, 2.45) is 5.92 Å². The van der Waals surface area contributed by atoms with E-state index in [1.165, 1.54) is 0 Å². The summed E-state index contributed by atoms with van der Waals surface area (Å²) < 4.78 is 143. The first-order valence-electron chi connectivity index (χ1n) is 6.66. The monoisotopic (exact) mass is 388 g/mol. The van der Waals surface area contributed by atoms with Gasteiger partial charge in [-0.1, -0.05) is 6.58 Å². The molecule has 2 bridgehead atoms. The van der Waals surface area contributed by atoms with Gasteiger partial charge < -0.3 is 4.74 Å². The van der Waals surface area contributed by atoms with Gasteiger partial charge in [-0.2, -0.15) is 17.6 Å². The summed E-state index contributed by atoms with van der Waals surface area (Å²) in [5.74, 6) is -29.7. The minimum absolute atomic E-state index is 0.160. The van der Waals surface area contributed by atoms with Crippen molar-refractivity contribution in [3.63, 3.8) is 0 Å². The normalized spacial score (nSPS) is 40.2. The van der Waals surface area contributed by atoms with E-state index >= 15 is 0 Å². The maximum absolute atomic E-state index is 14.4. The van der Waals surface area contributed by atoms with Crippen molar-refractivity contribution in [1.29, 1.82) is 0 Å². The molecule has 0 aromatic heterocycles. The fourth-order valence-electron chi connectivity index (χ4n) is 3.27. The molecule has 2 aliphatic rings. The summed E-state index contributed by atoms with van der Waals surface area (Å²) in [4.78, 5) is 11.2. The van der Waals surface area contributed by atoms with Gasteiger partial charge in [-0.25, -0.2) is 31.1 Å². The van der Waals surface area contributed by atoms with E-state index in [0.717, 1.165) is 0 Å². The lowest BCUT2D eigenvalue weighted by Gasteiger charge is -2.60. The van der Waals surface area contributed by atoms with Gasteiger partial charge in [0.1, 0.15) is 6.67 Å². The molecule has 2 fully saturated rings. The standard InChI is InChI=1S/C13H10F10O2/c1-2-6(24)25-9-3-8(15,5-14)11(18,19)7(12(9,20)21)13(22,23)10(16,17)4-9/h2,7H,1,3-5H2. The van der Waals surface area contributed by atoms with Crippen molar-refractivity contribution < 1.29 is 53.4 Å². The Bertz CT molecular complexity index is 604. The van der Waals surface area contributed by atoms with Gasteiger partial charge >= 0.3 is 23.7 Å². The third kappa shape index (κ3) is 2.21. The van der Waals surface area contributed by atoms with Gasteiger partial charge in [0.2, 0.25) is 5.67 Å². The van der Waals surface area contributed by atoms with Crippen molar-refractivity contribution in [2.75, 3.05) is 6.67 Å². The van der Waals surface area contributed by atoms with Crippen molar-refractivity contribution in [3.05, 3.63) is 12.7 Å². The predicted octanol–water partition coefficient (Wildman–Crippen LogP) is 4.10. The van der Waals surface area contributed by atoms with Crippen molar-refractivity contribution in [2.45, 2.75) is 47.8 Å². The van der Waals surface area contributed by atoms with Gasteiger partial charge in [-0.05, 0) is 0 Å². The predicted molar refractivity (Wildman–Crippen MR) is 61.3 cm³/mol. The molecule has 3 atom stereocenters. The largest absolute Gasteiger partial charge is 0.449 e. The zero-order valence-corrected chi connectivity index (χ0v) is 12.1. The van der Waals surface area contributed by atoms with Crippen LogP contribution in [0.15, 0.2) is 12.7 Å². The summed E-state index contributed by atoms with van der Waals surface area (Å²) in [5.41, 5.74) is -8.77. The zero-order chi connectivity index (χ0) is 19.7. The molecule has 2 aliphatic carbocycles. The van der Waals surface area contributed by atoms with Crippen LogP contribution < -0.4 is 0 Å². The Labute approximate surface area is 133 Å².